The van der Waals surface area contributed by atoms with Gasteiger partial charge in [0.05, 0.1) is 11.6 Å². The molecule has 2 saturated heterocycles. The second-order valence-electron chi connectivity index (χ2n) is 14.4. The topological polar surface area (TPSA) is 95.0 Å². The van der Waals surface area contributed by atoms with Crippen molar-refractivity contribution in [3.8, 4) is 5.75 Å². The Hall–Kier alpha value is -4.27. The molecule has 8 heteroatoms. The molecule has 3 heterocycles. The fourth-order valence-corrected chi connectivity index (χ4v) is 7.77. The Balaban J connectivity index is 0.973. The van der Waals surface area contributed by atoms with Crippen molar-refractivity contribution in [2.75, 3.05) is 32.8 Å². The maximum atomic E-state index is 13.9. The highest BCUT2D eigenvalue weighted by molar-refractivity contribution is 5.85. The number of nitrogens with zero attached hydrogens (tertiary/aromatic N) is 3. The van der Waals surface area contributed by atoms with Crippen molar-refractivity contribution in [2.45, 2.75) is 88.8 Å². The summed E-state index contributed by atoms with van der Waals surface area (Å²) in [6.45, 7) is 2.49. The molecular weight excluding hydrogens is 636 g/mol. The second kappa shape index (κ2) is 18.8. The van der Waals surface area contributed by atoms with E-state index < -0.39 is 6.10 Å². The number of aliphatic hydroxyl groups is 1. The second-order valence-corrected chi connectivity index (χ2v) is 14.4. The molecule has 6 rings (SSSR count). The largest absolute Gasteiger partial charge is 0.490 e. The average molecular weight is 691 g/mol. The molecule has 8 nitrogen and oxygen atoms in total. The van der Waals surface area contributed by atoms with Crippen molar-refractivity contribution in [3.63, 3.8) is 0 Å². The monoisotopic (exact) mass is 690 g/mol. The minimum atomic E-state index is -0.729. The van der Waals surface area contributed by atoms with E-state index in [4.69, 9.17) is 4.74 Å². The van der Waals surface area contributed by atoms with E-state index in [0.717, 1.165) is 75.2 Å². The Morgan fingerprint density at radius 3 is 2.18 bits per heavy atom. The zero-order chi connectivity index (χ0) is 35.3. The van der Waals surface area contributed by atoms with Gasteiger partial charge in [-0.1, -0.05) is 73.2 Å². The number of carbonyl (C=O) groups excluding carboxylic acids is 2. The number of hydrogen-bond donors (Lipinski definition) is 2. The molecule has 0 aliphatic carbocycles. The molecule has 2 unspecified atom stereocenters. The van der Waals surface area contributed by atoms with Crippen molar-refractivity contribution < 1.29 is 19.4 Å². The summed E-state index contributed by atoms with van der Waals surface area (Å²) in [7, 11) is 0. The predicted molar refractivity (Wildman–Crippen MR) is 202 cm³/mol. The van der Waals surface area contributed by atoms with E-state index in [1.807, 2.05) is 47.4 Å². The lowest BCUT2D eigenvalue weighted by Gasteiger charge is -2.40. The fourth-order valence-electron chi connectivity index (χ4n) is 7.77. The number of pyridine rings is 1. The van der Waals surface area contributed by atoms with Crippen molar-refractivity contribution in [1.29, 1.82) is 0 Å². The van der Waals surface area contributed by atoms with E-state index in [-0.39, 0.29) is 36.4 Å². The number of ether oxygens (including phenoxy) is 1. The van der Waals surface area contributed by atoms with E-state index in [1.54, 1.807) is 6.20 Å². The molecule has 51 heavy (non-hydrogen) atoms. The highest BCUT2D eigenvalue weighted by atomic mass is 16.5. The molecule has 2 fully saturated rings. The number of carbonyl (C=O) groups is 2. The molecule has 3 aromatic carbocycles. The zero-order valence-corrected chi connectivity index (χ0v) is 29.9. The number of rotatable bonds is 16. The number of aryl methyl sites for hydroxylation is 2. The van der Waals surface area contributed by atoms with Gasteiger partial charge in [-0.15, -0.1) is 0 Å². The summed E-state index contributed by atoms with van der Waals surface area (Å²) < 4.78 is 6.03. The summed E-state index contributed by atoms with van der Waals surface area (Å²) in [5.41, 5.74) is 3.52. The molecule has 1 aromatic heterocycles. The van der Waals surface area contributed by atoms with Crippen LogP contribution < -0.4 is 10.1 Å². The van der Waals surface area contributed by atoms with Gasteiger partial charge in [-0.3, -0.25) is 19.5 Å². The SMILES string of the molecule is O=C(NC(CCCc1ccccc1)CCCc1ccccc1)C1CCN(C(=O)C2CCCCN2CC(O)COc2cccc3ncccc23)CC1. The molecule has 0 spiro atoms. The number of amides is 2. The molecule has 270 valence electrons. The van der Waals surface area contributed by atoms with Gasteiger partial charge in [0, 0.05) is 43.2 Å². The third-order valence-corrected chi connectivity index (χ3v) is 10.6. The Kier molecular flexibility index (Phi) is 13.5. The van der Waals surface area contributed by atoms with Gasteiger partial charge in [-0.25, -0.2) is 0 Å². The van der Waals surface area contributed by atoms with E-state index in [9.17, 15) is 14.7 Å². The minimum absolute atomic E-state index is 0.0782. The summed E-state index contributed by atoms with van der Waals surface area (Å²) >= 11 is 0. The minimum Gasteiger partial charge on any atom is -0.490 e. The summed E-state index contributed by atoms with van der Waals surface area (Å²) in [6.07, 6.45) is 11.2. The number of fused-ring (bicyclic) bond motifs is 1. The van der Waals surface area contributed by atoms with Gasteiger partial charge in [0.15, 0.2) is 0 Å². The van der Waals surface area contributed by atoms with Crippen LogP contribution in [-0.2, 0) is 22.4 Å². The smallest absolute Gasteiger partial charge is 0.239 e. The van der Waals surface area contributed by atoms with Crippen LogP contribution in [0.15, 0.2) is 97.2 Å². The first-order chi connectivity index (χ1) is 25.0. The molecule has 2 N–H and O–H groups in total. The molecule has 4 aromatic rings. The third-order valence-electron chi connectivity index (χ3n) is 10.6. The van der Waals surface area contributed by atoms with Crippen LogP contribution in [0.2, 0.25) is 0 Å². The highest BCUT2D eigenvalue weighted by Gasteiger charge is 2.36. The lowest BCUT2D eigenvalue weighted by Crippen LogP contribution is -2.55. The van der Waals surface area contributed by atoms with Gasteiger partial charge in [0.1, 0.15) is 18.5 Å². The van der Waals surface area contributed by atoms with E-state index >= 15 is 0 Å². The first-order valence-electron chi connectivity index (χ1n) is 19.1. The van der Waals surface area contributed by atoms with Gasteiger partial charge in [-0.2, -0.15) is 0 Å². The van der Waals surface area contributed by atoms with Crippen molar-refractivity contribution in [1.82, 2.24) is 20.1 Å². The van der Waals surface area contributed by atoms with Gasteiger partial charge >= 0.3 is 0 Å². The summed E-state index contributed by atoms with van der Waals surface area (Å²) in [4.78, 5) is 35.9. The molecule has 2 aliphatic rings. The van der Waals surface area contributed by atoms with E-state index in [0.29, 0.717) is 38.2 Å². The van der Waals surface area contributed by atoms with Gasteiger partial charge in [0.2, 0.25) is 11.8 Å². The molecule has 2 aliphatic heterocycles. The van der Waals surface area contributed by atoms with Crippen LogP contribution in [0.5, 0.6) is 5.75 Å². The van der Waals surface area contributed by atoms with Crippen LogP contribution >= 0.6 is 0 Å². The number of likely N-dealkylation sites (tertiary alicyclic amines) is 2. The van der Waals surface area contributed by atoms with Crippen LogP contribution in [0.4, 0.5) is 0 Å². The predicted octanol–water partition coefficient (Wildman–Crippen LogP) is 6.60. The van der Waals surface area contributed by atoms with Crippen molar-refractivity contribution in [3.05, 3.63) is 108 Å². The summed E-state index contributed by atoms with van der Waals surface area (Å²) in [5.74, 6) is 0.881. The number of β-amino-alcohol motifs (C(OH)–C–C–N with tert-alkyl or cyclic N) is 1. The van der Waals surface area contributed by atoms with Crippen molar-refractivity contribution in [2.24, 2.45) is 5.92 Å². The lowest BCUT2D eigenvalue weighted by atomic mass is 9.93. The van der Waals surface area contributed by atoms with Crippen LogP contribution in [0.1, 0.15) is 68.9 Å². The number of nitrogens with one attached hydrogen (secondary N) is 1. The quantitative estimate of drug-likeness (QED) is 0.138. The van der Waals surface area contributed by atoms with Crippen LogP contribution in [-0.4, -0.2) is 82.7 Å². The van der Waals surface area contributed by atoms with Gasteiger partial charge in [0.25, 0.3) is 0 Å². The molecule has 2 amide bonds. The van der Waals surface area contributed by atoms with Crippen molar-refractivity contribution >= 4 is 22.7 Å². The summed E-state index contributed by atoms with van der Waals surface area (Å²) in [6, 6.07) is 30.6. The number of benzene rings is 3. The molecule has 0 radical (unpaired) electrons. The van der Waals surface area contributed by atoms with Gasteiger partial charge < -0.3 is 20.1 Å². The van der Waals surface area contributed by atoms with Crippen LogP contribution in [0.3, 0.4) is 0 Å². The summed E-state index contributed by atoms with van der Waals surface area (Å²) in [5, 5.41) is 15.3. The first kappa shape index (κ1) is 36.5. The van der Waals surface area contributed by atoms with Crippen LogP contribution in [0.25, 0.3) is 10.9 Å². The fraction of sp³-hybridized carbons (Fsp3) is 0.465. The average Bonchev–Trinajstić information content (AvgIpc) is 3.18. The Morgan fingerprint density at radius 1 is 0.804 bits per heavy atom. The first-order valence-corrected chi connectivity index (χ1v) is 19.1. The highest BCUT2D eigenvalue weighted by Crippen LogP contribution is 2.26. The molecule has 0 saturated carbocycles. The maximum absolute atomic E-state index is 13.9. The van der Waals surface area contributed by atoms with E-state index in [1.165, 1.54) is 11.1 Å². The lowest BCUT2D eigenvalue weighted by molar-refractivity contribution is -0.142. The number of hydrogen-bond acceptors (Lipinski definition) is 6. The van der Waals surface area contributed by atoms with Gasteiger partial charge in [-0.05, 0) is 106 Å². The number of piperidine rings is 2. The standard InChI is InChI=1S/C43H54N4O4/c48-37(32-51-41-24-11-22-39-38(41)21-12-27-44-39)31-47-28-8-7-23-40(47)43(50)46-29-25-35(26-30-46)42(49)45-36(19-9-17-33-13-3-1-4-14-33)20-10-18-34-15-5-2-6-16-34/h1-6,11-16,21-22,24,27,35-37,40,48H,7-10,17-20,23,25-26,28-32H2,(H,45,49). The Bertz CT molecular complexity index is 1610. The van der Waals surface area contributed by atoms with Crippen LogP contribution in [0, 0.1) is 5.92 Å². The molecule has 2 atom stereocenters. The zero-order valence-electron chi connectivity index (χ0n) is 29.9. The normalized spacial score (nSPS) is 17.8. The number of aliphatic hydroxyl groups excluding tert-OH is 1. The maximum Gasteiger partial charge on any atom is 0.239 e. The third kappa shape index (κ3) is 10.6. The van der Waals surface area contributed by atoms with E-state index in [2.05, 4.69) is 63.7 Å². The molecule has 0 bridgehead atoms. The molecular formula is C43H54N4O4. The number of aromatic nitrogens is 1. The Labute approximate surface area is 303 Å². The Morgan fingerprint density at radius 2 is 1.49 bits per heavy atom.